The van der Waals surface area contributed by atoms with Crippen LogP contribution in [0.15, 0.2) is 0 Å². The van der Waals surface area contributed by atoms with Crippen LogP contribution < -0.4 is 0 Å². The van der Waals surface area contributed by atoms with Crippen LogP contribution in [0.25, 0.3) is 0 Å². The van der Waals surface area contributed by atoms with E-state index in [1.807, 2.05) is 0 Å². The number of aliphatic carboxylic acids is 1. The fourth-order valence-electron chi connectivity index (χ4n) is 9.23. The van der Waals surface area contributed by atoms with Gasteiger partial charge in [-0.2, -0.15) is 0 Å². The Labute approximate surface area is 331 Å². The SMILES string of the molecule is CCCCCCCCCCC(CCCCCCCCCC)(CCCCCCCCCC)C(CCCCCCC(C)C)OC(=O)C1CCC(C(=O)O)CC1. The first-order valence-electron chi connectivity index (χ1n) is 24.2. The highest BCUT2D eigenvalue weighted by Gasteiger charge is 2.41. The number of carbonyl (C=O) groups is 2. The van der Waals surface area contributed by atoms with Crippen LogP contribution in [0.2, 0.25) is 0 Å². The van der Waals surface area contributed by atoms with E-state index >= 15 is 0 Å². The minimum Gasteiger partial charge on any atom is -0.481 e. The normalized spacial score (nSPS) is 17.0. The number of carboxylic acid groups (broad SMARTS) is 1. The van der Waals surface area contributed by atoms with Crippen molar-refractivity contribution < 1.29 is 19.4 Å². The van der Waals surface area contributed by atoms with Gasteiger partial charge in [-0.25, -0.2) is 0 Å². The Bertz CT molecular complexity index is 778. The molecule has 1 rings (SSSR count). The number of carbonyl (C=O) groups excluding carboxylic acids is 1. The Hall–Kier alpha value is -1.06. The second-order valence-corrected chi connectivity index (χ2v) is 18.2. The maximum absolute atomic E-state index is 14.1. The molecule has 1 fully saturated rings. The van der Waals surface area contributed by atoms with Crippen molar-refractivity contribution in [1.82, 2.24) is 0 Å². The summed E-state index contributed by atoms with van der Waals surface area (Å²) in [4.78, 5) is 25.8. The summed E-state index contributed by atoms with van der Waals surface area (Å²) in [6.45, 7) is 11.6. The van der Waals surface area contributed by atoms with Crippen molar-refractivity contribution in [3.63, 3.8) is 0 Å². The maximum Gasteiger partial charge on any atom is 0.309 e. The molecule has 314 valence electrons. The van der Waals surface area contributed by atoms with Gasteiger partial charge in [0.15, 0.2) is 0 Å². The first-order valence-corrected chi connectivity index (χ1v) is 24.2. The molecule has 4 nitrogen and oxygen atoms in total. The van der Waals surface area contributed by atoms with E-state index in [0.29, 0.717) is 25.7 Å². The minimum atomic E-state index is -0.702. The fraction of sp³-hybridized carbons (Fsp3) is 0.959. The molecule has 0 saturated heterocycles. The van der Waals surface area contributed by atoms with E-state index < -0.39 is 5.97 Å². The molecule has 1 atom stereocenters. The molecule has 1 aliphatic carbocycles. The lowest BCUT2D eigenvalue weighted by atomic mass is 9.68. The molecule has 1 N–H and O–H groups in total. The minimum absolute atomic E-state index is 0.00374. The number of hydrogen-bond donors (Lipinski definition) is 1. The average molecular weight is 747 g/mol. The topological polar surface area (TPSA) is 63.6 Å². The molecule has 0 radical (unpaired) electrons. The first-order chi connectivity index (χ1) is 25.8. The molecule has 4 heteroatoms. The summed E-state index contributed by atoms with van der Waals surface area (Å²) < 4.78 is 6.88. The molecule has 0 aliphatic heterocycles. The van der Waals surface area contributed by atoms with E-state index in [2.05, 4.69) is 34.6 Å². The molecule has 0 amide bonds. The van der Waals surface area contributed by atoms with Gasteiger partial charge in [0.1, 0.15) is 6.10 Å². The summed E-state index contributed by atoms with van der Waals surface area (Å²) >= 11 is 0. The van der Waals surface area contributed by atoms with Gasteiger partial charge in [-0.3, -0.25) is 9.59 Å². The zero-order valence-electron chi connectivity index (χ0n) is 36.6. The van der Waals surface area contributed by atoms with Gasteiger partial charge in [-0.05, 0) is 63.7 Å². The number of ether oxygens (including phenoxy) is 1. The van der Waals surface area contributed by atoms with E-state index in [-0.39, 0.29) is 29.3 Å². The molecule has 1 unspecified atom stereocenters. The summed E-state index contributed by atoms with van der Waals surface area (Å²) in [7, 11) is 0. The van der Waals surface area contributed by atoms with Crippen molar-refractivity contribution in [1.29, 1.82) is 0 Å². The smallest absolute Gasteiger partial charge is 0.309 e. The second-order valence-electron chi connectivity index (χ2n) is 18.2. The number of hydrogen-bond acceptors (Lipinski definition) is 3. The Morgan fingerprint density at radius 3 is 1.17 bits per heavy atom. The van der Waals surface area contributed by atoms with Gasteiger partial charge >= 0.3 is 11.9 Å². The lowest BCUT2D eigenvalue weighted by Crippen LogP contribution is -2.41. The van der Waals surface area contributed by atoms with Gasteiger partial charge in [0.2, 0.25) is 0 Å². The van der Waals surface area contributed by atoms with Crippen LogP contribution in [0.3, 0.4) is 0 Å². The molecule has 0 spiro atoms. The van der Waals surface area contributed by atoms with Crippen molar-refractivity contribution in [3.8, 4) is 0 Å². The number of rotatable bonds is 38. The van der Waals surface area contributed by atoms with Crippen LogP contribution in [0.1, 0.15) is 272 Å². The van der Waals surface area contributed by atoms with Crippen LogP contribution >= 0.6 is 0 Å². The predicted octanol–water partition coefficient (Wildman–Crippen LogP) is 16.4. The van der Waals surface area contributed by atoms with Crippen LogP contribution in [0, 0.1) is 23.2 Å². The average Bonchev–Trinajstić information content (AvgIpc) is 3.15. The van der Waals surface area contributed by atoms with E-state index in [4.69, 9.17) is 4.74 Å². The number of carboxylic acids is 1. The molecular weight excluding hydrogens is 653 g/mol. The van der Waals surface area contributed by atoms with E-state index in [9.17, 15) is 14.7 Å². The molecule has 0 aromatic carbocycles. The predicted molar refractivity (Wildman–Crippen MR) is 230 cm³/mol. The Kier molecular flexibility index (Phi) is 32.2. The van der Waals surface area contributed by atoms with Crippen molar-refractivity contribution >= 4 is 11.9 Å². The van der Waals surface area contributed by atoms with Gasteiger partial charge in [-0.15, -0.1) is 0 Å². The van der Waals surface area contributed by atoms with Gasteiger partial charge in [0, 0.05) is 5.41 Å². The molecule has 0 aromatic heterocycles. The lowest BCUT2D eigenvalue weighted by molar-refractivity contribution is -0.166. The third kappa shape index (κ3) is 25.7. The summed E-state index contributed by atoms with van der Waals surface area (Å²) in [6, 6.07) is 0. The first kappa shape index (κ1) is 50.0. The van der Waals surface area contributed by atoms with E-state index in [0.717, 1.165) is 18.8 Å². The maximum atomic E-state index is 14.1. The Morgan fingerprint density at radius 1 is 0.491 bits per heavy atom. The van der Waals surface area contributed by atoms with Crippen LogP contribution in [0.5, 0.6) is 0 Å². The number of esters is 1. The van der Waals surface area contributed by atoms with Gasteiger partial charge in [-0.1, -0.05) is 214 Å². The summed E-state index contributed by atoms with van der Waals surface area (Å²) in [5, 5.41) is 9.61. The van der Waals surface area contributed by atoms with Crippen molar-refractivity contribution in [2.75, 3.05) is 0 Å². The van der Waals surface area contributed by atoms with Gasteiger partial charge < -0.3 is 9.84 Å². The third-order valence-electron chi connectivity index (χ3n) is 12.9. The summed E-state index contributed by atoms with van der Waals surface area (Å²) in [6.07, 6.45) is 45.4. The molecule has 1 saturated carbocycles. The second kappa shape index (κ2) is 34.2. The summed E-state index contributed by atoms with van der Waals surface area (Å²) in [5.41, 5.74) is 0.0679. The lowest BCUT2D eigenvalue weighted by Gasteiger charge is -2.42. The molecule has 0 bridgehead atoms. The van der Waals surface area contributed by atoms with Crippen molar-refractivity contribution in [2.24, 2.45) is 23.2 Å². The highest BCUT2D eigenvalue weighted by Crippen LogP contribution is 2.45. The standard InChI is InChI=1S/C49H94O4/c1-6-9-12-15-18-21-26-31-40-49(41-32-27-22-19-16-13-10-7-2,42-33-28-23-20-17-14-11-8-3)46(35-30-25-24-29-34-43(4)5)53-48(52)45-38-36-44(37-39-45)47(50)51/h43-46H,6-42H2,1-5H3,(H,50,51). The van der Waals surface area contributed by atoms with Crippen LogP contribution in [0.4, 0.5) is 0 Å². The van der Waals surface area contributed by atoms with Gasteiger partial charge in [0.25, 0.3) is 0 Å². The highest BCUT2D eigenvalue weighted by atomic mass is 16.5. The van der Waals surface area contributed by atoms with E-state index in [1.54, 1.807) is 0 Å². The molecule has 1 aliphatic rings. The zero-order valence-corrected chi connectivity index (χ0v) is 36.6. The van der Waals surface area contributed by atoms with Crippen LogP contribution in [-0.4, -0.2) is 23.1 Å². The van der Waals surface area contributed by atoms with Crippen molar-refractivity contribution in [2.45, 2.75) is 278 Å². The van der Waals surface area contributed by atoms with E-state index in [1.165, 1.54) is 199 Å². The molecular formula is C49H94O4. The molecule has 53 heavy (non-hydrogen) atoms. The largest absolute Gasteiger partial charge is 0.481 e. The Morgan fingerprint density at radius 2 is 0.811 bits per heavy atom. The quantitative estimate of drug-likeness (QED) is 0.0505. The monoisotopic (exact) mass is 747 g/mol. The number of unbranched alkanes of at least 4 members (excludes halogenated alkanes) is 24. The van der Waals surface area contributed by atoms with Crippen LogP contribution in [-0.2, 0) is 14.3 Å². The van der Waals surface area contributed by atoms with Crippen molar-refractivity contribution in [3.05, 3.63) is 0 Å². The fourth-order valence-corrected chi connectivity index (χ4v) is 9.23. The highest BCUT2D eigenvalue weighted by molar-refractivity contribution is 5.74. The molecule has 0 heterocycles. The molecule has 0 aromatic rings. The Balaban J connectivity index is 3.20. The third-order valence-corrected chi connectivity index (χ3v) is 12.9. The zero-order chi connectivity index (χ0) is 38.8. The summed E-state index contributed by atoms with van der Waals surface area (Å²) in [5.74, 6) is -0.382. The van der Waals surface area contributed by atoms with Gasteiger partial charge in [0.05, 0.1) is 11.8 Å².